The maximum absolute atomic E-state index is 13.3. The van der Waals surface area contributed by atoms with E-state index in [1.807, 2.05) is 33.9 Å². The minimum atomic E-state index is -0.294. The van der Waals surface area contributed by atoms with Gasteiger partial charge >= 0.3 is 0 Å². The molecule has 1 amide bonds. The van der Waals surface area contributed by atoms with Gasteiger partial charge in [-0.05, 0) is 45.8 Å². The zero-order valence-electron chi connectivity index (χ0n) is 17.8. The highest BCUT2D eigenvalue weighted by atomic mass is 16.5. The van der Waals surface area contributed by atoms with Crippen LogP contribution in [-0.2, 0) is 24.3 Å². The highest BCUT2D eigenvalue weighted by molar-refractivity contribution is 5.76. The largest absolute Gasteiger partial charge is 0.485 e. The minimum absolute atomic E-state index is 0.132. The molecule has 1 aliphatic heterocycles. The van der Waals surface area contributed by atoms with Crippen molar-refractivity contribution in [3.8, 4) is 5.75 Å². The number of benzene rings is 1. The molecule has 29 heavy (non-hydrogen) atoms. The predicted octanol–water partition coefficient (Wildman–Crippen LogP) is 3.11. The molecule has 0 saturated heterocycles. The SMILES string of the molecule is CCc1nccn1CC(=O)N1Cc2ccccc2OC2(CCC(N(C)C)CC2)C1. The van der Waals surface area contributed by atoms with E-state index in [-0.39, 0.29) is 11.5 Å². The number of fused-ring (bicyclic) bond motifs is 1. The normalized spacial score (nSPS) is 24.3. The standard InChI is InChI=1S/C23H32N4O2/c1-4-21-24-13-14-26(21)16-22(28)27-15-18-7-5-6-8-20(18)29-23(17-27)11-9-19(10-12-23)25(2)3/h5-8,13-14,19H,4,9-12,15-17H2,1-3H3. The van der Waals surface area contributed by atoms with Gasteiger partial charge in [0, 0.05) is 37.0 Å². The van der Waals surface area contributed by atoms with Gasteiger partial charge in [-0.2, -0.15) is 0 Å². The van der Waals surface area contributed by atoms with E-state index in [1.165, 1.54) is 0 Å². The summed E-state index contributed by atoms with van der Waals surface area (Å²) in [6.07, 6.45) is 8.63. The Labute approximate surface area is 173 Å². The molecule has 2 aliphatic rings. The van der Waals surface area contributed by atoms with Crippen molar-refractivity contribution < 1.29 is 9.53 Å². The topological polar surface area (TPSA) is 50.6 Å². The van der Waals surface area contributed by atoms with Gasteiger partial charge in [-0.25, -0.2) is 4.98 Å². The lowest BCUT2D eigenvalue weighted by atomic mass is 9.81. The van der Waals surface area contributed by atoms with Crippen molar-refractivity contribution in [2.24, 2.45) is 0 Å². The van der Waals surface area contributed by atoms with Crippen LogP contribution in [0.25, 0.3) is 0 Å². The Bertz CT molecular complexity index is 852. The van der Waals surface area contributed by atoms with E-state index in [0.717, 1.165) is 49.2 Å². The highest BCUT2D eigenvalue weighted by Gasteiger charge is 2.42. The Morgan fingerprint density at radius 2 is 2.03 bits per heavy atom. The summed E-state index contributed by atoms with van der Waals surface area (Å²) in [6.45, 7) is 3.65. The molecule has 0 unspecified atom stereocenters. The fourth-order valence-electron chi connectivity index (χ4n) is 4.73. The van der Waals surface area contributed by atoms with Crippen molar-refractivity contribution in [2.75, 3.05) is 20.6 Å². The molecule has 4 rings (SSSR count). The molecular formula is C23H32N4O2. The van der Waals surface area contributed by atoms with Crippen molar-refractivity contribution >= 4 is 5.91 Å². The average Bonchev–Trinajstić information content (AvgIpc) is 3.09. The first-order valence-corrected chi connectivity index (χ1v) is 10.7. The van der Waals surface area contributed by atoms with Crippen LogP contribution in [0.15, 0.2) is 36.7 Å². The van der Waals surface area contributed by atoms with Crippen LogP contribution in [0.4, 0.5) is 0 Å². The van der Waals surface area contributed by atoms with E-state index in [9.17, 15) is 4.79 Å². The van der Waals surface area contributed by atoms with Gasteiger partial charge in [-0.3, -0.25) is 4.79 Å². The lowest BCUT2D eigenvalue weighted by molar-refractivity contribution is -0.135. The second kappa shape index (κ2) is 8.19. The number of hydrogen-bond acceptors (Lipinski definition) is 4. The van der Waals surface area contributed by atoms with Crippen molar-refractivity contribution in [3.63, 3.8) is 0 Å². The third-order valence-corrected chi connectivity index (χ3v) is 6.51. The van der Waals surface area contributed by atoms with E-state index < -0.39 is 0 Å². The Morgan fingerprint density at radius 3 is 2.76 bits per heavy atom. The van der Waals surface area contributed by atoms with Gasteiger partial charge in [0.25, 0.3) is 0 Å². The first-order chi connectivity index (χ1) is 14.0. The van der Waals surface area contributed by atoms with Crippen LogP contribution >= 0.6 is 0 Å². The quantitative estimate of drug-likeness (QED) is 0.797. The third kappa shape index (κ3) is 4.17. The lowest BCUT2D eigenvalue weighted by Crippen LogP contribution is -2.52. The Morgan fingerprint density at radius 1 is 1.28 bits per heavy atom. The number of carbonyl (C=O) groups excluding carboxylic acids is 1. The Balaban J connectivity index is 1.58. The van der Waals surface area contributed by atoms with Gasteiger partial charge in [0.2, 0.25) is 5.91 Å². The Hall–Kier alpha value is -2.34. The van der Waals surface area contributed by atoms with Gasteiger partial charge in [-0.15, -0.1) is 0 Å². The molecule has 1 aromatic carbocycles. The molecule has 1 aromatic heterocycles. The molecule has 0 N–H and O–H groups in total. The summed E-state index contributed by atoms with van der Waals surface area (Å²) in [5, 5.41) is 0. The monoisotopic (exact) mass is 396 g/mol. The van der Waals surface area contributed by atoms with Crippen LogP contribution in [0.1, 0.15) is 44.0 Å². The minimum Gasteiger partial charge on any atom is -0.485 e. The number of imidazole rings is 1. The van der Waals surface area contributed by atoms with Crippen molar-refractivity contribution in [2.45, 2.75) is 63.8 Å². The number of para-hydroxylation sites is 1. The molecule has 156 valence electrons. The van der Waals surface area contributed by atoms with Crippen molar-refractivity contribution in [1.29, 1.82) is 0 Å². The van der Waals surface area contributed by atoms with Crippen LogP contribution in [0.3, 0.4) is 0 Å². The number of hydrogen-bond donors (Lipinski definition) is 0. The van der Waals surface area contributed by atoms with Crippen molar-refractivity contribution in [3.05, 3.63) is 48.0 Å². The number of aryl methyl sites for hydroxylation is 1. The second-order valence-electron chi connectivity index (χ2n) is 8.66. The molecular weight excluding hydrogens is 364 g/mol. The van der Waals surface area contributed by atoms with E-state index in [1.54, 1.807) is 6.20 Å². The lowest BCUT2D eigenvalue weighted by Gasteiger charge is -2.43. The molecule has 0 radical (unpaired) electrons. The first kappa shape index (κ1) is 20.0. The smallest absolute Gasteiger partial charge is 0.242 e. The Kier molecular flexibility index (Phi) is 5.63. The number of amides is 1. The van der Waals surface area contributed by atoms with Gasteiger partial charge < -0.3 is 19.1 Å². The maximum Gasteiger partial charge on any atom is 0.242 e. The van der Waals surface area contributed by atoms with E-state index >= 15 is 0 Å². The molecule has 1 saturated carbocycles. The summed E-state index contributed by atoms with van der Waals surface area (Å²) in [5.74, 6) is 2.01. The van der Waals surface area contributed by atoms with Gasteiger partial charge in [0.15, 0.2) is 0 Å². The zero-order chi connectivity index (χ0) is 20.4. The van der Waals surface area contributed by atoms with Gasteiger partial charge in [0.1, 0.15) is 23.7 Å². The van der Waals surface area contributed by atoms with Crippen molar-refractivity contribution in [1.82, 2.24) is 19.4 Å². The maximum atomic E-state index is 13.3. The summed E-state index contributed by atoms with van der Waals surface area (Å²) in [6, 6.07) is 8.76. The summed E-state index contributed by atoms with van der Waals surface area (Å²) in [7, 11) is 4.30. The number of rotatable bonds is 4. The van der Waals surface area contributed by atoms with Gasteiger partial charge in [-0.1, -0.05) is 25.1 Å². The fourth-order valence-corrected chi connectivity index (χ4v) is 4.73. The molecule has 2 heterocycles. The van der Waals surface area contributed by atoms with Crippen LogP contribution < -0.4 is 4.74 Å². The third-order valence-electron chi connectivity index (χ3n) is 6.51. The molecule has 1 fully saturated rings. The van der Waals surface area contributed by atoms with E-state index in [4.69, 9.17) is 4.74 Å². The van der Waals surface area contributed by atoms with Crippen LogP contribution in [-0.4, -0.2) is 57.5 Å². The molecule has 1 spiro atoms. The summed E-state index contributed by atoms with van der Waals surface area (Å²) in [4.78, 5) is 22.0. The number of carbonyl (C=O) groups is 1. The van der Waals surface area contributed by atoms with Crippen LogP contribution in [0.2, 0.25) is 0 Å². The zero-order valence-corrected chi connectivity index (χ0v) is 17.8. The average molecular weight is 397 g/mol. The summed E-state index contributed by atoms with van der Waals surface area (Å²) >= 11 is 0. The number of ether oxygens (including phenoxy) is 1. The van der Waals surface area contributed by atoms with Crippen LogP contribution in [0, 0.1) is 0 Å². The number of aromatic nitrogens is 2. The van der Waals surface area contributed by atoms with E-state index in [2.05, 4.69) is 37.0 Å². The molecule has 6 heteroatoms. The molecule has 2 aromatic rings. The fraction of sp³-hybridized carbons (Fsp3) is 0.565. The predicted molar refractivity (Wildman–Crippen MR) is 113 cm³/mol. The van der Waals surface area contributed by atoms with Crippen LogP contribution in [0.5, 0.6) is 5.75 Å². The molecule has 1 aliphatic carbocycles. The highest BCUT2D eigenvalue weighted by Crippen LogP contribution is 2.39. The summed E-state index contributed by atoms with van der Waals surface area (Å²) in [5.41, 5.74) is 0.797. The second-order valence-corrected chi connectivity index (χ2v) is 8.66. The summed E-state index contributed by atoms with van der Waals surface area (Å²) < 4.78 is 8.61. The molecule has 6 nitrogen and oxygen atoms in total. The van der Waals surface area contributed by atoms with E-state index in [0.29, 0.717) is 25.7 Å². The molecule has 0 atom stereocenters. The molecule has 0 bridgehead atoms. The van der Waals surface area contributed by atoms with Gasteiger partial charge in [0.05, 0.1) is 6.54 Å². The first-order valence-electron chi connectivity index (χ1n) is 10.7. The number of nitrogens with zero attached hydrogens (tertiary/aromatic N) is 4.